The topological polar surface area (TPSA) is 71.4 Å². The lowest BCUT2D eigenvalue weighted by atomic mass is 9.82. The van der Waals surface area contributed by atoms with E-state index in [1.807, 2.05) is 19.1 Å². The molecule has 1 aliphatic carbocycles. The second-order valence-electron chi connectivity index (χ2n) is 7.34. The van der Waals surface area contributed by atoms with E-state index in [0.29, 0.717) is 17.7 Å². The van der Waals surface area contributed by atoms with Gasteiger partial charge in [-0.25, -0.2) is 8.42 Å². The van der Waals surface area contributed by atoms with Gasteiger partial charge in [-0.15, -0.1) is 0 Å². The van der Waals surface area contributed by atoms with Gasteiger partial charge in [-0.3, -0.25) is 4.21 Å². The van der Waals surface area contributed by atoms with Crippen molar-refractivity contribution in [1.29, 1.82) is 0 Å². The molecule has 1 fully saturated rings. The first-order chi connectivity index (χ1) is 12.8. The van der Waals surface area contributed by atoms with Gasteiger partial charge in [-0.05, 0) is 51.0 Å². The van der Waals surface area contributed by atoms with Crippen molar-refractivity contribution in [3.63, 3.8) is 0 Å². The Morgan fingerprint density at radius 1 is 1.07 bits per heavy atom. The van der Waals surface area contributed by atoms with E-state index in [9.17, 15) is 17.7 Å². The number of rotatable bonds is 5. The molecule has 4 nitrogen and oxygen atoms in total. The lowest BCUT2D eigenvalue weighted by Gasteiger charge is -2.43. The van der Waals surface area contributed by atoms with Crippen LogP contribution in [0.25, 0.3) is 0 Å². The van der Waals surface area contributed by atoms with Crippen molar-refractivity contribution in [2.24, 2.45) is 0 Å². The van der Waals surface area contributed by atoms with Crippen molar-refractivity contribution < 1.29 is 17.7 Å². The van der Waals surface area contributed by atoms with Crippen LogP contribution < -0.4 is 0 Å². The largest absolute Gasteiger partial charge is 0.387 e. The quantitative estimate of drug-likeness (QED) is 0.823. The van der Waals surface area contributed by atoms with Crippen molar-refractivity contribution in [2.75, 3.05) is 0 Å². The second kappa shape index (κ2) is 7.86. The molecule has 0 aromatic heterocycles. The number of aliphatic hydroxyl groups is 1. The highest BCUT2D eigenvalue weighted by molar-refractivity contribution is 7.92. The molecule has 146 valence electrons. The molecule has 1 aliphatic rings. The Morgan fingerprint density at radius 3 is 2.33 bits per heavy atom. The van der Waals surface area contributed by atoms with Gasteiger partial charge in [0.25, 0.3) is 0 Å². The van der Waals surface area contributed by atoms with E-state index in [1.54, 1.807) is 49.4 Å². The summed E-state index contributed by atoms with van der Waals surface area (Å²) in [7, 11) is -5.21. The molecule has 0 bridgehead atoms. The number of benzene rings is 2. The van der Waals surface area contributed by atoms with Crippen LogP contribution in [0.4, 0.5) is 0 Å². The first-order valence-electron chi connectivity index (χ1n) is 9.25. The number of aryl methyl sites for hydroxylation is 1. The summed E-state index contributed by atoms with van der Waals surface area (Å²) in [5, 5.41) is 9.87. The predicted octanol–water partition coefficient (Wildman–Crippen LogP) is 3.64. The minimum absolute atomic E-state index is 0.191. The van der Waals surface area contributed by atoms with Crippen LogP contribution in [-0.2, 0) is 20.6 Å². The average molecular weight is 407 g/mol. The van der Waals surface area contributed by atoms with E-state index < -0.39 is 36.7 Å². The maximum absolute atomic E-state index is 13.3. The second-order valence-corrected chi connectivity index (χ2v) is 11.2. The fourth-order valence-corrected chi connectivity index (χ4v) is 7.48. The van der Waals surface area contributed by atoms with Crippen molar-refractivity contribution in [1.82, 2.24) is 0 Å². The molecule has 0 aliphatic heterocycles. The first kappa shape index (κ1) is 20.2. The maximum Gasteiger partial charge on any atom is 0.183 e. The standard InChI is InChI=1S/C21H26O4S2/c1-16-11-13-18(14-12-16)26(23)20-10-6-7-15-21(20,22)17(2)27(24,25)19-8-4-3-5-9-19/h3-5,8-9,11-14,17,20,22H,6-7,10,15H2,1-2H3/t17-,20-,21+,26?/m0/s1. The zero-order valence-electron chi connectivity index (χ0n) is 15.7. The summed E-state index contributed by atoms with van der Waals surface area (Å²) < 4.78 is 39.5. The zero-order chi connectivity index (χ0) is 19.7. The highest BCUT2D eigenvalue weighted by Gasteiger charge is 2.51. The van der Waals surface area contributed by atoms with Crippen molar-refractivity contribution in [2.45, 2.75) is 65.4 Å². The molecule has 0 radical (unpaired) electrons. The SMILES string of the molecule is Cc1ccc(S(=O)[C@H]2CCCC[C@@]2(O)[C@H](C)S(=O)(=O)c2ccccc2)cc1. The van der Waals surface area contributed by atoms with Gasteiger partial charge < -0.3 is 5.11 Å². The molecule has 4 atom stereocenters. The number of hydrogen-bond acceptors (Lipinski definition) is 4. The molecule has 1 unspecified atom stereocenters. The van der Waals surface area contributed by atoms with Gasteiger partial charge in [0.05, 0.1) is 31.8 Å². The number of hydrogen-bond donors (Lipinski definition) is 1. The summed E-state index contributed by atoms with van der Waals surface area (Å²) in [4.78, 5) is 0.826. The summed E-state index contributed by atoms with van der Waals surface area (Å²) in [5.41, 5.74) is -0.461. The Kier molecular flexibility index (Phi) is 5.89. The lowest BCUT2D eigenvalue weighted by molar-refractivity contribution is 0.00902. The third kappa shape index (κ3) is 3.89. The van der Waals surface area contributed by atoms with E-state index in [-0.39, 0.29) is 4.90 Å². The van der Waals surface area contributed by atoms with E-state index >= 15 is 0 Å². The van der Waals surface area contributed by atoms with Crippen LogP contribution in [0.1, 0.15) is 38.2 Å². The Balaban J connectivity index is 1.97. The highest BCUT2D eigenvalue weighted by Crippen LogP contribution is 2.40. The first-order valence-corrected chi connectivity index (χ1v) is 12.0. The van der Waals surface area contributed by atoms with E-state index in [4.69, 9.17) is 0 Å². The molecule has 0 saturated heterocycles. The minimum Gasteiger partial charge on any atom is -0.387 e. The van der Waals surface area contributed by atoms with Gasteiger partial charge in [0.15, 0.2) is 9.84 Å². The van der Waals surface area contributed by atoms with Gasteiger partial charge in [0, 0.05) is 4.90 Å². The molecule has 27 heavy (non-hydrogen) atoms. The van der Waals surface area contributed by atoms with Crippen LogP contribution in [0.5, 0.6) is 0 Å². The molecule has 1 N–H and O–H groups in total. The molecule has 0 amide bonds. The summed E-state index contributed by atoms with van der Waals surface area (Å²) in [5.74, 6) is 0. The fraction of sp³-hybridized carbons (Fsp3) is 0.429. The average Bonchev–Trinajstić information content (AvgIpc) is 2.68. The lowest BCUT2D eigenvalue weighted by Crippen LogP contribution is -2.56. The zero-order valence-corrected chi connectivity index (χ0v) is 17.3. The summed E-state index contributed by atoms with van der Waals surface area (Å²) in [6, 6.07) is 15.6. The maximum atomic E-state index is 13.3. The molecular formula is C21H26O4S2. The summed E-state index contributed by atoms with van der Waals surface area (Å²) in [6.07, 6.45) is 2.45. The van der Waals surface area contributed by atoms with Crippen LogP contribution in [0.15, 0.2) is 64.4 Å². The van der Waals surface area contributed by atoms with Crippen LogP contribution in [-0.4, -0.2) is 33.8 Å². The fourth-order valence-electron chi connectivity index (χ4n) is 3.83. The third-order valence-corrected chi connectivity index (χ3v) is 9.77. The van der Waals surface area contributed by atoms with Crippen LogP contribution in [0.2, 0.25) is 0 Å². The molecule has 2 aromatic rings. The normalized spacial score (nSPS) is 25.7. The predicted molar refractivity (Wildman–Crippen MR) is 108 cm³/mol. The molecule has 2 aromatic carbocycles. The van der Waals surface area contributed by atoms with E-state index in [1.165, 1.54) is 0 Å². The van der Waals surface area contributed by atoms with E-state index in [0.717, 1.165) is 18.4 Å². The van der Waals surface area contributed by atoms with Gasteiger partial charge >= 0.3 is 0 Å². The van der Waals surface area contributed by atoms with Gasteiger partial charge in [-0.2, -0.15) is 0 Å². The van der Waals surface area contributed by atoms with E-state index in [2.05, 4.69) is 0 Å². The van der Waals surface area contributed by atoms with Crippen molar-refractivity contribution in [3.05, 3.63) is 60.2 Å². The van der Waals surface area contributed by atoms with Gasteiger partial charge in [-0.1, -0.05) is 48.7 Å². The molecule has 0 heterocycles. The van der Waals surface area contributed by atoms with Gasteiger partial charge in [0.2, 0.25) is 0 Å². The Hall–Kier alpha value is -1.50. The molecule has 3 rings (SSSR count). The molecule has 6 heteroatoms. The highest BCUT2D eigenvalue weighted by atomic mass is 32.2. The Bertz CT molecular complexity index is 907. The van der Waals surface area contributed by atoms with Gasteiger partial charge in [0.1, 0.15) is 0 Å². The molecular weight excluding hydrogens is 380 g/mol. The van der Waals surface area contributed by atoms with Crippen LogP contribution in [0.3, 0.4) is 0 Å². The Labute approximate surface area is 164 Å². The molecule has 0 spiro atoms. The molecule has 1 saturated carbocycles. The monoisotopic (exact) mass is 406 g/mol. The smallest absolute Gasteiger partial charge is 0.183 e. The van der Waals surface area contributed by atoms with Crippen molar-refractivity contribution >= 4 is 20.6 Å². The van der Waals surface area contributed by atoms with Crippen LogP contribution >= 0.6 is 0 Å². The minimum atomic E-state index is -3.74. The third-order valence-electron chi connectivity index (χ3n) is 5.60. The Morgan fingerprint density at radius 2 is 1.70 bits per heavy atom. The van der Waals surface area contributed by atoms with Crippen LogP contribution in [0, 0.1) is 6.92 Å². The van der Waals surface area contributed by atoms with Crippen molar-refractivity contribution in [3.8, 4) is 0 Å². The number of sulfone groups is 1. The summed E-state index contributed by atoms with van der Waals surface area (Å²) in [6.45, 7) is 3.51. The summed E-state index contributed by atoms with van der Waals surface area (Å²) >= 11 is 0.